The predicted octanol–water partition coefficient (Wildman–Crippen LogP) is 7.55. The van der Waals surface area contributed by atoms with Gasteiger partial charge in [-0.05, 0) is 132 Å². The first-order chi connectivity index (χ1) is 25.0. The fourth-order valence-corrected chi connectivity index (χ4v) is 10.9. The molecule has 0 saturated heterocycles. The molecule has 1 saturated carbocycles. The van der Waals surface area contributed by atoms with Crippen LogP contribution in [0.1, 0.15) is 107 Å². The molecule has 5 rings (SSSR count). The maximum atomic E-state index is 13.8. The zero-order valence-corrected chi connectivity index (χ0v) is 34.0. The smallest absolute Gasteiger partial charge is 0.264 e. The summed E-state index contributed by atoms with van der Waals surface area (Å²) in [5.74, 6) is -0.181. The SMILES string of the molecule is C=CCC[C@H](CCS(=O)(=O)C(C)(C)C)S(=O)(=O)NC(=O)c1ccc2c(c1)N(C[C@@H]1CC[C@H]1[C@@H](O)/C=C/CCC)C[C@@]1(CCCc3cc(Cl)ccc31)CO2. The number of nitrogens with zero attached hydrogens (tertiary/aromatic N) is 1. The van der Waals surface area contributed by atoms with Gasteiger partial charge in [-0.3, -0.25) is 4.79 Å². The van der Waals surface area contributed by atoms with Crippen molar-refractivity contribution in [2.45, 2.75) is 113 Å². The van der Waals surface area contributed by atoms with Gasteiger partial charge in [-0.15, -0.1) is 6.58 Å². The van der Waals surface area contributed by atoms with Crippen molar-refractivity contribution in [3.05, 3.63) is 82.9 Å². The number of aliphatic hydroxyl groups is 1. The van der Waals surface area contributed by atoms with Gasteiger partial charge in [0.1, 0.15) is 5.75 Å². The third-order valence-corrected chi connectivity index (χ3v) is 16.2. The summed E-state index contributed by atoms with van der Waals surface area (Å²) in [5, 5.41) is 10.7. The molecule has 1 heterocycles. The molecule has 3 aliphatic rings. The lowest BCUT2D eigenvalue weighted by molar-refractivity contribution is 0.0456. The normalized spacial score (nSPS) is 22.9. The number of allylic oxidation sites excluding steroid dienone is 2. The summed E-state index contributed by atoms with van der Waals surface area (Å²) in [6.45, 7) is 12.3. The van der Waals surface area contributed by atoms with E-state index in [-0.39, 0.29) is 41.4 Å². The van der Waals surface area contributed by atoms with Gasteiger partial charge in [0.2, 0.25) is 10.0 Å². The molecule has 5 atom stereocenters. The number of ether oxygens (including phenoxy) is 1. The van der Waals surface area contributed by atoms with Crippen LogP contribution in [0.4, 0.5) is 5.69 Å². The molecule has 1 amide bonds. The van der Waals surface area contributed by atoms with E-state index >= 15 is 0 Å². The Morgan fingerprint density at radius 1 is 1.13 bits per heavy atom. The highest BCUT2D eigenvalue weighted by Crippen LogP contribution is 2.46. The Morgan fingerprint density at radius 3 is 2.58 bits per heavy atom. The van der Waals surface area contributed by atoms with Gasteiger partial charge in [0.05, 0.1) is 34.1 Å². The number of hydrogen-bond donors (Lipinski definition) is 2. The first-order valence-electron chi connectivity index (χ1n) is 19.0. The number of hydrogen-bond acceptors (Lipinski definition) is 8. The van der Waals surface area contributed by atoms with Gasteiger partial charge in [-0.25, -0.2) is 21.6 Å². The van der Waals surface area contributed by atoms with Crippen LogP contribution in [0.3, 0.4) is 0 Å². The summed E-state index contributed by atoms with van der Waals surface area (Å²) in [4.78, 5) is 16.1. The van der Waals surface area contributed by atoms with Gasteiger partial charge in [-0.1, -0.05) is 49.2 Å². The van der Waals surface area contributed by atoms with Crippen LogP contribution in [0.25, 0.3) is 0 Å². The lowest BCUT2D eigenvalue weighted by Crippen LogP contribution is -2.49. The number of sulfonamides is 1. The van der Waals surface area contributed by atoms with Gasteiger partial charge in [-0.2, -0.15) is 0 Å². The fraction of sp³-hybridized carbons (Fsp3) is 0.585. The molecule has 1 fully saturated rings. The minimum Gasteiger partial charge on any atom is -0.490 e. The molecular formula is C41H57ClN2O7S2. The summed E-state index contributed by atoms with van der Waals surface area (Å²) in [6.07, 6.45) is 12.0. The number of fused-ring (bicyclic) bond motifs is 3. The van der Waals surface area contributed by atoms with E-state index in [1.165, 1.54) is 11.1 Å². The molecule has 0 radical (unpaired) electrons. The van der Waals surface area contributed by atoms with Crippen molar-refractivity contribution < 1.29 is 31.5 Å². The Bertz CT molecular complexity index is 1890. The van der Waals surface area contributed by atoms with Gasteiger partial charge in [0.15, 0.2) is 9.84 Å². The van der Waals surface area contributed by atoms with Crippen LogP contribution in [0.15, 0.2) is 61.2 Å². The maximum Gasteiger partial charge on any atom is 0.264 e. The van der Waals surface area contributed by atoms with E-state index in [9.17, 15) is 26.7 Å². The Labute approximate surface area is 322 Å². The molecule has 9 nitrogen and oxygen atoms in total. The van der Waals surface area contributed by atoms with Crippen LogP contribution in [0, 0.1) is 11.8 Å². The topological polar surface area (TPSA) is 130 Å². The second kappa shape index (κ2) is 16.9. The number of nitrogens with one attached hydrogen (secondary N) is 1. The third-order valence-electron chi connectivity index (χ3n) is 11.5. The van der Waals surface area contributed by atoms with E-state index in [1.807, 2.05) is 18.2 Å². The van der Waals surface area contributed by atoms with Crippen LogP contribution in [0.5, 0.6) is 5.75 Å². The highest BCUT2D eigenvalue weighted by atomic mass is 35.5. The zero-order valence-electron chi connectivity index (χ0n) is 31.7. The van der Waals surface area contributed by atoms with E-state index in [2.05, 4.69) is 35.3 Å². The molecule has 2 aliphatic carbocycles. The molecule has 0 bridgehead atoms. The molecule has 0 aromatic heterocycles. The fourth-order valence-electron chi connectivity index (χ4n) is 7.98. The van der Waals surface area contributed by atoms with Crippen LogP contribution in [-0.4, -0.2) is 69.4 Å². The summed E-state index contributed by atoms with van der Waals surface area (Å²) >= 11 is 6.43. The number of amides is 1. The van der Waals surface area contributed by atoms with Crippen molar-refractivity contribution in [2.24, 2.45) is 11.8 Å². The minimum absolute atomic E-state index is 0.107. The number of unbranched alkanes of at least 4 members (excludes halogenated alkanes) is 1. The van der Waals surface area contributed by atoms with Crippen molar-refractivity contribution in [1.82, 2.24) is 4.72 Å². The summed E-state index contributed by atoms with van der Waals surface area (Å²) in [5.41, 5.74) is 2.94. The van der Waals surface area contributed by atoms with E-state index in [4.69, 9.17) is 16.3 Å². The Morgan fingerprint density at radius 2 is 1.91 bits per heavy atom. The van der Waals surface area contributed by atoms with Crippen LogP contribution < -0.4 is 14.4 Å². The van der Waals surface area contributed by atoms with Gasteiger partial charge in [0, 0.05) is 29.1 Å². The molecule has 292 valence electrons. The van der Waals surface area contributed by atoms with Crippen molar-refractivity contribution in [2.75, 3.05) is 30.3 Å². The van der Waals surface area contributed by atoms with Crippen molar-refractivity contribution >= 4 is 43.1 Å². The molecule has 2 N–H and O–H groups in total. The van der Waals surface area contributed by atoms with E-state index in [0.29, 0.717) is 42.6 Å². The second-order valence-electron chi connectivity index (χ2n) is 16.2. The molecule has 53 heavy (non-hydrogen) atoms. The maximum absolute atomic E-state index is 13.8. The number of rotatable bonds is 15. The van der Waals surface area contributed by atoms with Crippen LogP contribution in [-0.2, 0) is 31.7 Å². The highest BCUT2D eigenvalue weighted by molar-refractivity contribution is 7.93. The van der Waals surface area contributed by atoms with E-state index in [0.717, 1.165) is 44.9 Å². The number of benzene rings is 2. The standard InChI is InChI=1S/C41H57ClN2O7S2/c1-6-8-10-14-37(45)34-18-15-31(34)26-44-27-41(22-11-12-29-24-32(42)17-19-35(29)41)28-51-38-20-16-30(25-36(38)44)39(46)43-53(49,50)33(13-9-7-2)21-23-52(47,48)40(3,4)5/h7,10,14,16-17,19-20,24-25,31,33-34,37,45H,2,6,8-9,11-13,15,18,21-23,26-28H2,1,3-5H3,(H,43,46)/b14-10+/t31-,33+,34+,37-,41-/m0/s1. The molecule has 1 aliphatic heterocycles. The number of aryl methyl sites for hydroxylation is 1. The third kappa shape index (κ3) is 9.51. The predicted molar refractivity (Wildman–Crippen MR) is 214 cm³/mol. The summed E-state index contributed by atoms with van der Waals surface area (Å²) < 4.78 is 60.9. The first kappa shape index (κ1) is 41.3. The molecule has 0 unspecified atom stereocenters. The van der Waals surface area contributed by atoms with Crippen molar-refractivity contribution in [3.8, 4) is 5.75 Å². The van der Waals surface area contributed by atoms with Crippen LogP contribution in [0.2, 0.25) is 5.02 Å². The Balaban J connectivity index is 1.45. The average Bonchev–Trinajstić information content (AvgIpc) is 3.22. The largest absolute Gasteiger partial charge is 0.490 e. The average molecular weight is 790 g/mol. The van der Waals surface area contributed by atoms with Crippen molar-refractivity contribution in [1.29, 1.82) is 0 Å². The van der Waals surface area contributed by atoms with E-state index < -0.39 is 41.9 Å². The highest BCUT2D eigenvalue weighted by Gasteiger charge is 2.44. The van der Waals surface area contributed by atoms with E-state index in [1.54, 1.807) is 45.0 Å². The number of anilines is 1. The number of carbonyl (C=O) groups is 1. The lowest BCUT2D eigenvalue weighted by atomic mass is 9.68. The molecule has 1 spiro atoms. The molecular weight excluding hydrogens is 732 g/mol. The van der Waals surface area contributed by atoms with Gasteiger partial charge in [0.25, 0.3) is 5.91 Å². The van der Waals surface area contributed by atoms with Gasteiger partial charge >= 0.3 is 0 Å². The lowest BCUT2D eigenvalue weighted by Gasteiger charge is -2.45. The van der Waals surface area contributed by atoms with Gasteiger partial charge < -0.3 is 14.7 Å². The zero-order chi connectivity index (χ0) is 38.6. The summed E-state index contributed by atoms with van der Waals surface area (Å²) in [6, 6.07) is 11.1. The molecule has 2 aromatic rings. The number of aliphatic hydroxyl groups excluding tert-OH is 1. The van der Waals surface area contributed by atoms with Crippen molar-refractivity contribution in [3.63, 3.8) is 0 Å². The Hall–Kier alpha value is -2.86. The summed E-state index contributed by atoms with van der Waals surface area (Å²) in [7, 11) is -7.84. The minimum atomic E-state index is -4.25. The quantitative estimate of drug-likeness (QED) is 0.177. The number of sulfone groups is 1. The molecule has 2 aromatic carbocycles. The molecule has 12 heteroatoms. The first-order valence-corrected chi connectivity index (χ1v) is 22.6. The Kier molecular flexibility index (Phi) is 13.2. The number of carbonyl (C=O) groups excluding carboxylic acids is 1. The van der Waals surface area contributed by atoms with Crippen LogP contribution >= 0.6 is 11.6 Å². The number of halogens is 1. The second-order valence-corrected chi connectivity index (χ2v) is 21.4. The monoisotopic (exact) mass is 788 g/mol.